The maximum atomic E-state index is 10.6. The predicted octanol–water partition coefficient (Wildman–Crippen LogP) is 1.67. The summed E-state index contributed by atoms with van der Waals surface area (Å²) in [7, 11) is 0. The van der Waals surface area contributed by atoms with Gasteiger partial charge in [0, 0.05) is 5.57 Å². The second-order valence-corrected chi connectivity index (χ2v) is 3.19. The first-order chi connectivity index (χ1) is 5.69. The number of aldehydes is 2. The first-order valence-corrected chi connectivity index (χ1v) is 4.01. The molecule has 1 unspecified atom stereocenters. The minimum Gasteiger partial charge on any atom is -0.298 e. The molecule has 0 N–H and O–H groups in total. The largest absolute Gasteiger partial charge is 0.298 e. The Balaban J connectivity index is 3.07. The monoisotopic (exact) mass is 164 g/mol. The highest BCUT2D eigenvalue weighted by atomic mass is 16.1. The molecule has 0 fully saturated rings. The van der Waals surface area contributed by atoms with Gasteiger partial charge < -0.3 is 0 Å². The van der Waals surface area contributed by atoms with Crippen LogP contribution >= 0.6 is 0 Å². The smallest absolute Gasteiger partial charge is 0.150 e. The lowest BCUT2D eigenvalue weighted by molar-refractivity contribution is -0.105. The molecule has 0 saturated carbocycles. The summed E-state index contributed by atoms with van der Waals surface area (Å²) in [5, 5.41) is 0. The van der Waals surface area contributed by atoms with Crippen LogP contribution in [-0.4, -0.2) is 12.6 Å². The summed E-state index contributed by atoms with van der Waals surface area (Å²) in [5.41, 5.74) is 2.25. The summed E-state index contributed by atoms with van der Waals surface area (Å²) in [6.45, 7) is 3.81. The fourth-order valence-corrected chi connectivity index (χ4v) is 1.44. The van der Waals surface area contributed by atoms with Crippen molar-refractivity contribution in [2.24, 2.45) is 5.92 Å². The molecule has 1 aliphatic rings. The van der Waals surface area contributed by atoms with Crippen LogP contribution in [0.15, 0.2) is 22.8 Å². The minimum atomic E-state index is 0.300. The Kier molecular flexibility index (Phi) is 2.58. The normalized spacial score (nSPS) is 23.5. The molecule has 0 aromatic rings. The maximum Gasteiger partial charge on any atom is 0.150 e. The van der Waals surface area contributed by atoms with Crippen LogP contribution < -0.4 is 0 Å². The van der Waals surface area contributed by atoms with Crippen molar-refractivity contribution < 1.29 is 9.59 Å². The van der Waals surface area contributed by atoms with Gasteiger partial charge in [-0.1, -0.05) is 13.0 Å². The third-order valence-electron chi connectivity index (χ3n) is 2.19. The van der Waals surface area contributed by atoms with Crippen LogP contribution in [0, 0.1) is 5.92 Å². The Morgan fingerprint density at radius 1 is 1.42 bits per heavy atom. The molecule has 2 heteroatoms. The molecule has 0 saturated heterocycles. The molecule has 0 aromatic heterocycles. The topological polar surface area (TPSA) is 34.1 Å². The zero-order valence-electron chi connectivity index (χ0n) is 7.33. The second kappa shape index (κ2) is 3.48. The number of hydrogen-bond donors (Lipinski definition) is 0. The van der Waals surface area contributed by atoms with E-state index < -0.39 is 0 Å². The van der Waals surface area contributed by atoms with Crippen LogP contribution in [0.2, 0.25) is 0 Å². The highest BCUT2D eigenvalue weighted by Gasteiger charge is 2.15. The van der Waals surface area contributed by atoms with Gasteiger partial charge in [-0.2, -0.15) is 0 Å². The molecule has 1 aliphatic carbocycles. The van der Waals surface area contributed by atoms with E-state index in [0.717, 1.165) is 30.1 Å². The third kappa shape index (κ3) is 1.52. The number of rotatable bonds is 2. The van der Waals surface area contributed by atoms with Crippen LogP contribution in [0.1, 0.15) is 20.3 Å². The summed E-state index contributed by atoms with van der Waals surface area (Å²) >= 11 is 0. The average Bonchev–Trinajstić information content (AvgIpc) is 2.08. The number of carbonyl (C=O) groups is 2. The van der Waals surface area contributed by atoms with Crippen molar-refractivity contribution in [3.63, 3.8) is 0 Å². The van der Waals surface area contributed by atoms with Gasteiger partial charge in [-0.15, -0.1) is 0 Å². The lowest BCUT2D eigenvalue weighted by Gasteiger charge is -2.16. The Morgan fingerprint density at radius 3 is 2.58 bits per heavy atom. The van der Waals surface area contributed by atoms with E-state index in [2.05, 4.69) is 0 Å². The summed E-state index contributed by atoms with van der Waals surface area (Å²) in [6, 6.07) is 0. The molecule has 0 spiro atoms. The van der Waals surface area contributed by atoms with Gasteiger partial charge in [0.05, 0.1) is 0 Å². The van der Waals surface area contributed by atoms with Crippen molar-refractivity contribution in [3.05, 3.63) is 22.8 Å². The van der Waals surface area contributed by atoms with Gasteiger partial charge in [-0.3, -0.25) is 9.59 Å². The highest BCUT2D eigenvalue weighted by Crippen LogP contribution is 2.25. The van der Waals surface area contributed by atoms with Crippen molar-refractivity contribution in [3.8, 4) is 0 Å². The molecule has 0 aliphatic heterocycles. The van der Waals surface area contributed by atoms with Gasteiger partial charge in [-0.05, 0) is 30.4 Å². The van der Waals surface area contributed by atoms with Crippen LogP contribution in [0.4, 0.5) is 0 Å². The summed E-state index contributed by atoms with van der Waals surface area (Å²) in [4.78, 5) is 21.1. The standard InChI is InChI=1S/C10H12O2/c1-7-3-9(5-11)8(2)10(4-7)6-12/h3,5-7H,4H2,1-2H3. The van der Waals surface area contributed by atoms with Gasteiger partial charge in [0.2, 0.25) is 0 Å². The van der Waals surface area contributed by atoms with Crippen LogP contribution in [0.25, 0.3) is 0 Å². The van der Waals surface area contributed by atoms with Gasteiger partial charge in [0.15, 0.2) is 0 Å². The van der Waals surface area contributed by atoms with E-state index >= 15 is 0 Å². The average molecular weight is 164 g/mol. The van der Waals surface area contributed by atoms with Gasteiger partial charge in [0.1, 0.15) is 12.6 Å². The van der Waals surface area contributed by atoms with Crippen molar-refractivity contribution in [2.75, 3.05) is 0 Å². The molecular weight excluding hydrogens is 152 g/mol. The molecule has 0 bridgehead atoms. The van der Waals surface area contributed by atoms with Crippen LogP contribution in [0.5, 0.6) is 0 Å². The van der Waals surface area contributed by atoms with Crippen molar-refractivity contribution in [1.82, 2.24) is 0 Å². The fraction of sp³-hybridized carbons (Fsp3) is 0.400. The van der Waals surface area contributed by atoms with E-state index in [1.165, 1.54) is 0 Å². The van der Waals surface area contributed by atoms with E-state index in [9.17, 15) is 9.59 Å². The van der Waals surface area contributed by atoms with Crippen LogP contribution in [0.3, 0.4) is 0 Å². The molecule has 0 radical (unpaired) electrons. The Morgan fingerprint density at radius 2 is 2.08 bits per heavy atom. The maximum absolute atomic E-state index is 10.6. The number of allylic oxidation sites excluding steroid dienone is 4. The Bertz CT molecular complexity index is 272. The third-order valence-corrected chi connectivity index (χ3v) is 2.19. The summed E-state index contributed by atoms with van der Waals surface area (Å²) in [6.07, 6.45) is 4.33. The Labute approximate surface area is 72.0 Å². The quantitative estimate of drug-likeness (QED) is 0.582. The van der Waals surface area contributed by atoms with Crippen molar-refractivity contribution >= 4 is 12.6 Å². The first-order valence-electron chi connectivity index (χ1n) is 4.01. The summed E-state index contributed by atoms with van der Waals surface area (Å²) < 4.78 is 0. The predicted molar refractivity (Wildman–Crippen MR) is 46.7 cm³/mol. The molecule has 64 valence electrons. The second-order valence-electron chi connectivity index (χ2n) is 3.19. The van der Waals surface area contributed by atoms with E-state index in [4.69, 9.17) is 0 Å². The van der Waals surface area contributed by atoms with E-state index in [1.54, 1.807) is 0 Å². The van der Waals surface area contributed by atoms with Gasteiger partial charge >= 0.3 is 0 Å². The van der Waals surface area contributed by atoms with E-state index in [1.807, 2.05) is 19.9 Å². The Hall–Kier alpha value is -1.18. The van der Waals surface area contributed by atoms with Crippen LogP contribution in [-0.2, 0) is 9.59 Å². The molecule has 1 rings (SSSR count). The van der Waals surface area contributed by atoms with Crippen molar-refractivity contribution in [2.45, 2.75) is 20.3 Å². The van der Waals surface area contributed by atoms with Gasteiger partial charge in [-0.25, -0.2) is 0 Å². The molecule has 1 atom stereocenters. The fourth-order valence-electron chi connectivity index (χ4n) is 1.44. The highest BCUT2D eigenvalue weighted by molar-refractivity contribution is 5.87. The zero-order chi connectivity index (χ0) is 9.14. The molecular formula is C10H12O2. The van der Waals surface area contributed by atoms with E-state index in [0.29, 0.717) is 11.5 Å². The lowest BCUT2D eigenvalue weighted by atomic mass is 9.87. The lowest BCUT2D eigenvalue weighted by Crippen LogP contribution is -2.07. The summed E-state index contributed by atoms with van der Waals surface area (Å²) in [5.74, 6) is 0.300. The number of carbonyl (C=O) groups excluding carboxylic acids is 2. The molecule has 12 heavy (non-hydrogen) atoms. The number of hydrogen-bond acceptors (Lipinski definition) is 2. The minimum absolute atomic E-state index is 0.300. The van der Waals surface area contributed by atoms with Crippen molar-refractivity contribution in [1.29, 1.82) is 0 Å². The molecule has 0 amide bonds. The molecule has 2 nitrogen and oxygen atoms in total. The SMILES string of the molecule is CC1=C(C=O)CC(C)C=C1C=O. The molecule has 0 aromatic carbocycles. The molecule has 0 heterocycles. The van der Waals surface area contributed by atoms with E-state index in [-0.39, 0.29) is 0 Å². The van der Waals surface area contributed by atoms with Gasteiger partial charge in [0.25, 0.3) is 0 Å². The zero-order valence-corrected chi connectivity index (χ0v) is 7.33. The first kappa shape index (κ1) is 8.91.